The number of phosphoric acid groups is 1. The molecule has 0 aliphatic rings. The zero-order valence-electron chi connectivity index (χ0n) is 27.0. The number of aliphatic hydroxyl groups is 1. The zero-order valence-corrected chi connectivity index (χ0v) is 27.9. The average Bonchev–Trinajstić information content (AvgIpc) is 2.90. The van der Waals surface area contributed by atoms with Crippen molar-refractivity contribution in [2.24, 2.45) is 0 Å². The van der Waals surface area contributed by atoms with Crippen LogP contribution in [0.25, 0.3) is 0 Å². The number of hydrogen-bond donors (Lipinski definition) is 2. The number of rotatable bonds is 30. The number of phosphoric ester groups is 1. The van der Waals surface area contributed by atoms with Gasteiger partial charge < -0.3 is 19.2 Å². The predicted octanol–water partition coefficient (Wildman–Crippen LogP) is 8.11. The number of esters is 1. The molecule has 2 N–H and O–H groups in total. The van der Waals surface area contributed by atoms with Crippen molar-refractivity contribution < 1.29 is 37.6 Å². The van der Waals surface area contributed by atoms with Crippen LogP contribution in [0.3, 0.4) is 0 Å². The summed E-state index contributed by atoms with van der Waals surface area (Å²) in [7, 11) is 1.54. The number of nitrogens with zero attached hydrogens (tertiary/aromatic N) is 1. The van der Waals surface area contributed by atoms with Gasteiger partial charge in [0.15, 0.2) is 0 Å². The lowest BCUT2D eigenvalue weighted by Crippen LogP contribution is -2.37. The van der Waals surface area contributed by atoms with Gasteiger partial charge in [-0.15, -0.1) is 0 Å². The van der Waals surface area contributed by atoms with E-state index in [9.17, 15) is 19.4 Å². The third kappa shape index (κ3) is 32.0. The molecule has 0 aromatic heterocycles. The Bertz CT molecular complexity index is 681. The van der Waals surface area contributed by atoms with E-state index in [2.05, 4.69) is 6.92 Å². The molecule has 0 saturated heterocycles. The molecule has 1 unspecified atom stereocenters. The lowest BCUT2D eigenvalue weighted by Gasteiger charge is -2.24. The predicted molar refractivity (Wildman–Crippen MR) is 169 cm³/mol. The number of carbonyl (C=O) groups is 1. The van der Waals surface area contributed by atoms with Crippen molar-refractivity contribution in [2.75, 3.05) is 47.5 Å². The second-order valence-electron chi connectivity index (χ2n) is 12.5. The fourth-order valence-corrected chi connectivity index (χ4v) is 5.19. The number of carbonyl (C=O) groups excluding carboxylic acids is 1. The minimum atomic E-state index is -4.26. The van der Waals surface area contributed by atoms with Gasteiger partial charge in [-0.1, -0.05) is 129 Å². The van der Waals surface area contributed by atoms with Crippen LogP contribution < -0.4 is 0 Å². The molecular formula is C32H65NO7P+. The highest BCUT2D eigenvalue weighted by atomic mass is 31.2. The molecule has 0 aliphatic heterocycles. The first kappa shape index (κ1) is 40.2. The zero-order chi connectivity index (χ0) is 30.7. The van der Waals surface area contributed by atoms with Crippen LogP contribution in [0.4, 0.5) is 0 Å². The van der Waals surface area contributed by atoms with Gasteiger partial charge in [-0.25, -0.2) is 9.36 Å². The number of quaternary nitrogens is 1. The quantitative estimate of drug-likeness (QED) is 0.0280. The van der Waals surface area contributed by atoms with Crippen molar-refractivity contribution in [1.29, 1.82) is 0 Å². The average molecular weight is 607 g/mol. The van der Waals surface area contributed by atoms with Crippen molar-refractivity contribution in [3.63, 3.8) is 0 Å². The molecule has 0 aromatic carbocycles. The maximum atomic E-state index is 11.8. The van der Waals surface area contributed by atoms with Gasteiger partial charge in [-0.2, -0.15) is 0 Å². The van der Waals surface area contributed by atoms with Crippen molar-refractivity contribution >= 4 is 13.8 Å². The SMILES string of the molecule is CCCCCCCCCCCCCCCCCCCCCC=CC(=O)OC[C@@H](O)COP(=O)(O)OCC[N+](C)(C)C. The molecule has 0 radical (unpaired) electrons. The maximum Gasteiger partial charge on any atom is 0.472 e. The third-order valence-corrected chi connectivity index (χ3v) is 8.08. The Morgan fingerprint density at radius 3 is 1.61 bits per heavy atom. The first-order chi connectivity index (χ1) is 19.6. The van der Waals surface area contributed by atoms with Crippen molar-refractivity contribution in [2.45, 2.75) is 141 Å². The van der Waals surface area contributed by atoms with Crippen LogP contribution in [0.1, 0.15) is 135 Å². The second kappa shape index (κ2) is 26.8. The van der Waals surface area contributed by atoms with E-state index in [0.717, 1.165) is 19.3 Å². The van der Waals surface area contributed by atoms with E-state index in [1.807, 2.05) is 21.1 Å². The summed E-state index contributed by atoms with van der Waals surface area (Å²) in [6.45, 7) is 2.07. The summed E-state index contributed by atoms with van der Waals surface area (Å²) in [5.41, 5.74) is 0. The van der Waals surface area contributed by atoms with Gasteiger partial charge in [0, 0.05) is 6.08 Å². The topological polar surface area (TPSA) is 102 Å². The normalized spacial score (nSPS) is 14.4. The van der Waals surface area contributed by atoms with Crippen LogP contribution in [0.2, 0.25) is 0 Å². The molecule has 0 saturated carbocycles. The monoisotopic (exact) mass is 606 g/mol. The molecule has 9 heteroatoms. The van der Waals surface area contributed by atoms with Crippen molar-refractivity contribution in [3.05, 3.63) is 12.2 Å². The second-order valence-corrected chi connectivity index (χ2v) is 13.9. The lowest BCUT2D eigenvalue weighted by atomic mass is 10.0. The number of aliphatic hydroxyl groups excluding tert-OH is 1. The van der Waals surface area contributed by atoms with Crippen molar-refractivity contribution in [3.8, 4) is 0 Å². The van der Waals surface area contributed by atoms with Crippen LogP contribution in [-0.2, 0) is 23.1 Å². The first-order valence-electron chi connectivity index (χ1n) is 16.5. The van der Waals surface area contributed by atoms with Gasteiger partial charge in [-0.3, -0.25) is 9.05 Å². The van der Waals surface area contributed by atoms with Gasteiger partial charge in [0.2, 0.25) is 0 Å². The summed E-state index contributed by atoms with van der Waals surface area (Å²) >= 11 is 0. The molecule has 41 heavy (non-hydrogen) atoms. The van der Waals surface area contributed by atoms with E-state index in [4.69, 9.17) is 13.8 Å². The van der Waals surface area contributed by atoms with Crippen LogP contribution in [0.15, 0.2) is 12.2 Å². The molecule has 0 heterocycles. The number of allylic oxidation sites excluding steroid dienone is 1. The summed E-state index contributed by atoms with van der Waals surface area (Å²) in [5.74, 6) is -0.548. The van der Waals surface area contributed by atoms with Crippen LogP contribution in [0, 0.1) is 0 Å². The fourth-order valence-electron chi connectivity index (χ4n) is 4.44. The van der Waals surface area contributed by atoms with Gasteiger partial charge in [0.1, 0.15) is 25.9 Å². The molecule has 0 aliphatic carbocycles. The molecule has 0 bridgehead atoms. The fraction of sp³-hybridized carbons (Fsp3) is 0.906. The molecule has 0 fully saturated rings. The highest BCUT2D eigenvalue weighted by Gasteiger charge is 2.24. The minimum absolute atomic E-state index is 0.0483. The Hall–Kier alpha value is -0.760. The van der Waals surface area contributed by atoms with Crippen molar-refractivity contribution in [1.82, 2.24) is 0 Å². The Morgan fingerprint density at radius 2 is 1.17 bits per heavy atom. The van der Waals surface area contributed by atoms with E-state index in [-0.39, 0.29) is 13.2 Å². The van der Waals surface area contributed by atoms with Gasteiger partial charge in [-0.05, 0) is 12.8 Å². The lowest BCUT2D eigenvalue weighted by molar-refractivity contribution is -0.870. The number of ether oxygens (including phenoxy) is 1. The van der Waals surface area contributed by atoms with E-state index < -0.39 is 26.5 Å². The third-order valence-electron chi connectivity index (χ3n) is 7.09. The molecule has 0 amide bonds. The summed E-state index contributed by atoms with van der Waals surface area (Å²) in [6, 6.07) is 0. The highest BCUT2D eigenvalue weighted by molar-refractivity contribution is 7.47. The molecular weight excluding hydrogens is 541 g/mol. The van der Waals surface area contributed by atoms with Gasteiger partial charge >= 0.3 is 13.8 Å². The van der Waals surface area contributed by atoms with E-state index >= 15 is 0 Å². The summed E-state index contributed by atoms with van der Waals surface area (Å²) in [5, 5.41) is 9.85. The largest absolute Gasteiger partial charge is 0.472 e. The number of hydrogen-bond acceptors (Lipinski definition) is 6. The first-order valence-corrected chi connectivity index (χ1v) is 18.0. The molecule has 0 rings (SSSR count). The maximum absolute atomic E-state index is 11.8. The summed E-state index contributed by atoms with van der Waals surface area (Å²) < 4.78 is 27.0. The molecule has 8 nitrogen and oxygen atoms in total. The van der Waals surface area contributed by atoms with E-state index in [1.165, 1.54) is 115 Å². The Kier molecular flexibility index (Phi) is 26.3. The van der Waals surface area contributed by atoms with Crippen LogP contribution >= 0.6 is 7.82 Å². The number of unbranched alkanes of at least 4 members (excludes halogenated alkanes) is 19. The number of likely N-dealkylation sites (N-methyl/N-ethyl adjacent to an activating group) is 1. The standard InChI is InChI=1S/C32H64NO7P/c1-5-6-7-8-9-10-11-12-13-14-15-16-17-18-19-20-21-22-23-24-25-26-32(35)38-29-31(34)30-40-41(36,37)39-28-27-33(2,3)4/h25-26,31,34H,5-24,27-30H2,1-4H3/p+1/t31-/m1/s1. The summed E-state index contributed by atoms with van der Waals surface area (Å²) in [4.78, 5) is 21.4. The van der Waals surface area contributed by atoms with Gasteiger partial charge in [0.25, 0.3) is 0 Å². The Morgan fingerprint density at radius 1 is 0.732 bits per heavy atom. The highest BCUT2D eigenvalue weighted by Crippen LogP contribution is 2.43. The van der Waals surface area contributed by atoms with E-state index in [0.29, 0.717) is 11.0 Å². The molecule has 2 atom stereocenters. The van der Waals surface area contributed by atoms with Crippen LogP contribution in [-0.4, -0.2) is 74.1 Å². The smallest absolute Gasteiger partial charge is 0.460 e. The van der Waals surface area contributed by atoms with Gasteiger partial charge in [0.05, 0.1) is 27.7 Å². The molecule has 244 valence electrons. The van der Waals surface area contributed by atoms with E-state index in [1.54, 1.807) is 6.08 Å². The summed E-state index contributed by atoms with van der Waals surface area (Å²) in [6.07, 6.45) is 28.4. The Labute approximate surface area is 252 Å². The Balaban J connectivity index is 3.49. The minimum Gasteiger partial charge on any atom is -0.460 e. The molecule has 0 spiro atoms. The molecule has 0 aromatic rings. The van der Waals surface area contributed by atoms with Crippen LogP contribution in [0.5, 0.6) is 0 Å².